The van der Waals surface area contributed by atoms with Crippen LogP contribution in [0.2, 0.25) is 0 Å². The lowest BCUT2D eigenvalue weighted by molar-refractivity contribution is 0.0246. The lowest BCUT2D eigenvalue weighted by Crippen LogP contribution is -2.41. The second-order valence-electron chi connectivity index (χ2n) is 5.84. The molecule has 92 valence electrons. The number of hydrogen-bond acceptors (Lipinski definition) is 3. The van der Waals surface area contributed by atoms with Crippen LogP contribution in [0.15, 0.2) is 0 Å². The molecule has 2 N–H and O–H groups in total. The van der Waals surface area contributed by atoms with E-state index < -0.39 is 0 Å². The molecule has 1 aliphatic carbocycles. The van der Waals surface area contributed by atoms with Gasteiger partial charge in [-0.3, -0.25) is 4.90 Å². The maximum Gasteiger partial charge on any atom is 0.0621 e. The third-order valence-corrected chi connectivity index (χ3v) is 4.83. The Hall–Kier alpha value is -0.120. The smallest absolute Gasteiger partial charge is 0.0621 e. The summed E-state index contributed by atoms with van der Waals surface area (Å²) < 4.78 is 5.60. The Balaban J connectivity index is 1.62. The first-order valence-electron chi connectivity index (χ1n) is 6.92. The minimum Gasteiger partial charge on any atom is -0.380 e. The zero-order valence-electron chi connectivity index (χ0n) is 10.1. The van der Waals surface area contributed by atoms with Gasteiger partial charge in [0, 0.05) is 31.8 Å². The maximum atomic E-state index is 6.25. The molecular weight excluding hydrogens is 200 g/mol. The van der Waals surface area contributed by atoms with E-state index in [1.54, 1.807) is 0 Å². The fourth-order valence-electron chi connectivity index (χ4n) is 3.86. The van der Waals surface area contributed by atoms with Gasteiger partial charge < -0.3 is 10.5 Å². The molecule has 0 aromatic rings. The van der Waals surface area contributed by atoms with E-state index >= 15 is 0 Å². The van der Waals surface area contributed by atoms with Crippen molar-refractivity contribution in [3.8, 4) is 0 Å². The fraction of sp³-hybridized carbons (Fsp3) is 1.00. The Morgan fingerprint density at radius 1 is 1.06 bits per heavy atom. The van der Waals surface area contributed by atoms with Gasteiger partial charge >= 0.3 is 0 Å². The zero-order chi connectivity index (χ0) is 11.0. The number of fused-ring (bicyclic) bond motifs is 1. The van der Waals surface area contributed by atoms with Gasteiger partial charge in [-0.25, -0.2) is 0 Å². The molecule has 0 amide bonds. The van der Waals surface area contributed by atoms with Gasteiger partial charge in [0.1, 0.15) is 0 Å². The Morgan fingerprint density at radius 3 is 2.75 bits per heavy atom. The fourth-order valence-corrected chi connectivity index (χ4v) is 3.86. The number of ether oxygens (including phenoxy) is 1. The van der Waals surface area contributed by atoms with Crippen LogP contribution >= 0.6 is 0 Å². The normalized spacial score (nSPS) is 45.6. The van der Waals surface area contributed by atoms with Crippen molar-refractivity contribution in [2.75, 3.05) is 26.3 Å². The summed E-state index contributed by atoms with van der Waals surface area (Å²) >= 11 is 0. The number of nitrogens with zero attached hydrogens (tertiary/aromatic N) is 1. The van der Waals surface area contributed by atoms with Crippen LogP contribution in [0.3, 0.4) is 0 Å². The number of nitrogens with two attached hydrogens (primary N) is 1. The monoisotopic (exact) mass is 224 g/mol. The van der Waals surface area contributed by atoms with Gasteiger partial charge in [-0.05, 0) is 37.5 Å². The van der Waals surface area contributed by atoms with Crippen LogP contribution < -0.4 is 5.73 Å². The summed E-state index contributed by atoms with van der Waals surface area (Å²) in [7, 11) is 0. The van der Waals surface area contributed by atoms with E-state index in [1.165, 1.54) is 45.2 Å². The van der Waals surface area contributed by atoms with Crippen molar-refractivity contribution in [2.45, 2.75) is 44.2 Å². The van der Waals surface area contributed by atoms with Crippen LogP contribution in [0.4, 0.5) is 0 Å². The summed E-state index contributed by atoms with van der Waals surface area (Å²) in [6.45, 7) is 4.44. The first-order chi connectivity index (χ1) is 7.84. The Morgan fingerprint density at radius 2 is 2.00 bits per heavy atom. The van der Waals surface area contributed by atoms with Gasteiger partial charge in [-0.15, -0.1) is 0 Å². The molecule has 0 radical (unpaired) electrons. The Bertz CT molecular complexity index is 240. The molecule has 3 fully saturated rings. The second kappa shape index (κ2) is 4.63. The van der Waals surface area contributed by atoms with Crippen LogP contribution in [0.25, 0.3) is 0 Å². The van der Waals surface area contributed by atoms with Crippen LogP contribution in [0, 0.1) is 11.8 Å². The predicted octanol–water partition coefficient (Wildman–Crippen LogP) is 1.22. The molecule has 3 heteroatoms. The van der Waals surface area contributed by atoms with E-state index in [-0.39, 0.29) is 0 Å². The second-order valence-corrected chi connectivity index (χ2v) is 5.84. The Kier molecular flexibility index (Phi) is 3.18. The largest absolute Gasteiger partial charge is 0.380 e. The summed E-state index contributed by atoms with van der Waals surface area (Å²) in [6.07, 6.45) is 6.56. The van der Waals surface area contributed by atoms with Crippen LogP contribution in [-0.4, -0.2) is 43.3 Å². The van der Waals surface area contributed by atoms with Crippen molar-refractivity contribution in [1.29, 1.82) is 0 Å². The molecule has 2 heterocycles. The van der Waals surface area contributed by atoms with E-state index in [0.717, 1.165) is 25.0 Å². The molecule has 4 unspecified atom stereocenters. The van der Waals surface area contributed by atoms with Crippen LogP contribution in [0.1, 0.15) is 32.1 Å². The van der Waals surface area contributed by atoms with E-state index in [1.807, 2.05) is 0 Å². The lowest BCUT2D eigenvalue weighted by atomic mass is 9.78. The molecule has 0 aromatic heterocycles. The minimum absolute atomic E-state index is 0.466. The van der Waals surface area contributed by atoms with Gasteiger partial charge in [0.15, 0.2) is 0 Å². The van der Waals surface area contributed by atoms with Crippen LogP contribution in [0.5, 0.6) is 0 Å². The molecule has 2 saturated heterocycles. The summed E-state index contributed by atoms with van der Waals surface area (Å²) in [6, 6.07) is 1.15. The molecule has 3 nitrogen and oxygen atoms in total. The van der Waals surface area contributed by atoms with Gasteiger partial charge in [-0.2, -0.15) is 0 Å². The third kappa shape index (κ3) is 2.01. The molecule has 0 aromatic carbocycles. The van der Waals surface area contributed by atoms with Crippen molar-refractivity contribution in [3.05, 3.63) is 0 Å². The number of likely N-dealkylation sites (tertiary alicyclic amines) is 1. The average Bonchev–Trinajstić information content (AvgIpc) is 2.76. The highest BCUT2D eigenvalue weighted by Crippen LogP contribution is 2.37. The maximum absolute atomic E-state index is 6.25. The van der Waals surface area contributed by atoms with Gasteiger partial charge in [0.25, 0.3) is 0 Å². The van der Waals surface area contributed by atoms with Gasteiger partial charge in [-0.1, -0.05) is 6.42 Å². The minimum atomic E-state index is 0.466. The first kappa shape index (κ1) is 11.0. The zero-order valence-corrected chi connectivity index (χ0v) is 10.1. The summed E-state index contributed by atoms with van der Waals surface area (Å²) in [4.78, 5) is 2.67. The standard InChI is InChI=1S/C13H24N2O/c14-13-5-1-3-10-7-15(8-12(10)13)11-4-2-6-16-9-11/h10-13H,1-9,14H2. The molecule has 16 heavy (non-hydrogen) atoms. The topological polar surface area (TPSA) is 38.5 Å². The molecule has 1 saturated carbocycles. The molecule has 4 atom stereocenters. The number of hydrogen-bond donors (Lipinski definition) is 1. The van der Waals surface area contributed by atoms with Crippen molar-refractivity contribution < 1.29 is 4.74 Å². The summed E-state index contributed by atoms with van der Waals surface area (Å²) in [5, 5.41) is 0. The summed E-state index contributed by atoms with van der Waals surface area (Å²) in [5.74, 6) is 1.65. The van der Waals surface area contributed by atoms with Crippen molar-refractivity contribution in [2.24, 2.45) is 17.6 Å². The molecule has 2 aliphatic heterocycles. The van der Waals surface area contributed by atoms with E-state index in [4.69, 9.17) is 10.5 Å². The van der Waals surface area contributed by atoms with Gasteiger partial charge in [0.2, 0.25) is 0 Å². The van der Waals surface area contributed by atoms with Gasteiger partial charge in [0.05, 0.1) is 6.61 Å². The van der Waals surface area contributed by atoms with E-state index in [0.29, 0.717) is 12.1 Å². The predicted molar refractivity (Wildman–Crippen MR) is 64.2 cm³/mol. The van der Waals surface area contributed by atoms with Crippen molar-refractivity contribution in [3.63, 3.8) is 0 Å². The van der Waals surface area contributed by atoms with Crippen LogP contribution in [-0.2, 0) is 4.74 Å². The van der Waals surface area contributed by atoms with Crippen molar-refractivity contribution in [1.82, 2.24) is 4.90 Å². The Labute approximate surface area is 98.3 Å². The third-order valence-electron chi connectivity index (χ3n) is 4.83. The highest BCUT2D eigenvalue weighted by Gasteiger charge is 2.40. The highest BCUT2D eigenvalue weighted by molar-refractivity contribution is 4.95. The van der Waals surface area contributed by atoms with E-state index in [2.05, 4.69) is 4.90 Å². The lowest BCUT2D eigenvalue weighted by Gasteiger charge is -2.31. The first-order valence-corrected chi connectivity index (χ1v) is 6.92. The average molecular weight is 224 g/mol. The SMILES string of the molecule is NC1CCCC2CN(C3CCCOC3)CC12. The molecule has 0 spiro atoms. The molecule has 0 bridgehead atoms. The molecule has 3 aliphatic rings. The molecular formula is C13H24N2O. The summed E-state index contributed by atoms with van der Waals surface area (Å²) in [5.41, 5.74) is 6.25. The number of rotatable bonds is 1. The van der Waals surface area contributed by atoms with E-state index in [9.17, 15) is 0 Å². The quantitative estimate of drug-likeness (QED) is 0.728. The highest BCUT2D eigenvalue weighted by atomic mass is 16.5. The van der Waals surface area contributed by atoms with Crippen molar-refractivity contribution >= 4 is 0 Å². The molecule has 3 rings (SSSR count).